The van der Waals surface area contributed by atoms with Gasteiger partial charge in [0.1, 0.15) is 11.5 Å². The zero-order chi connectivity index (χ0) is 14.5. The summed E-state index contributed by atoms with van der Waals surface area (Å²) in [5, 5.41) is 4.47. The van der Waals surface area contributed by atoms with Crippen LogP contribution in [0.5, 0.6) is 11.5 Å². The summed E-state index contributed by atoms with van der Waals surface area (Å²) in [5.41, 5.74) is 1.17. The van der Waals surface area contributed by atoms with Crippen molar-refractivity contribution in [1.82, 2.24) is 5.32 Å². The highest BCUT2D eigenvalue weighted by molar-refractivity contribution is 6.35. The van der Waals surface area contributed by atoms with Gasteiger partial charge < -0.3 is 10.1 Å². The second-order valence-electron chi connectivity index (χ2n) is 4.86. The number of nitrogens with one attached hydrogen (secondary N) is 1. The van der Waals surface area contributed by atoms with E-state index in [0.717, 1.165) is 12.3 Å². The summed E-state index contributed by atoms with van der Waals surface area (Å²) in [6.45, 7) is 5.05. The summed E-state index contributed by atoms with van der Waals surface area (Å²) < 4.78 is 5.79. The van der Waals surface area contributed by atoms with Crippen LogP contribution in [0.4, 0.5) is 0 Å². The molecule has 2 aromatic carbocycles. The van der Waals surface area contributed by atoms with Crippen LogP contribution in [0, 0.1) is 0 Å². The molecule has 0 aliphatic carbocycles. The average Bonchev–Trinajstić information content (AvgIpc) is 2.40. The van der Waals surface area contributed by atoms with Crippen LogP contribution in [-0.4, -0.2) is 6.04 Å². The van der Waals surface area contributed by atoms with Crippen LogP contribution in [0.25, 0.3) is 0 Å². The van der Waals surface area contributed by atoms with E-state index in [9.17, 15) is 0 Å². The molecule has 0 fully saturated rings. The fourth-order valence-corrected chi connectivity index (χ4v) is 2.17. The molecule has 0 aliphatic heterocycles. The van der Waals surface area contributed by atoms with Crippen LogP contribution in [0.15, 0.2) is 42.5 Å². The van der Waals surface area contributed by atoms with Crippen molar-refractivity contribution in [3.05, 3.63) is 58.1 Å². The highest BCUT2D eigenvalue weighted by Gasteiger charge is 2.05. The van der Waals surface area contributed by atoms with Crippen molar-refractivity contribution in [2.24, 2.45) is 0 Å². The molecule has 2 nitrogen and oxygen atoms in total. The van der Waals surface area contributed by atoms with Gasteiger partial charge >= 0.3 is 0 Å². The van der Waals surface area contributed by atoms with E-state index in [1.165, 1.54) is 5.56 Å². The van der Waals surface area contributed by atoms with Crippen molar-refractivity contribution >= 4 is 23.2 Å². The van der Waals surface area contributed by atoms with Crippen molar-refractivity contribution in [3.8, 4) is 11.5 Å². The molecule has 0 heterocycles. The summed E-state index contributed by atoms with van der Waals surface area (Å²) in [4.78, 5) is 0. The Balaban J connectivity index is 2.11. The lowest BCUT2D eigenvalue weighted by Gasteiger charge is -2.11. The van der Waals surface area contributed by atoms with E-state index in [1.54, 1.807) is 18.2 Å². The Labute approximate surface area is 129 Å². The third-order valence-corrected chi connectivity index (χ3v) is 3.27. The van der Waals surface area contributed by atoms with Gasteiger partial charge in [0, 0.05) is 17.6 Å². The zero-order valence-electron chi connectivity index (χ0n) is 11.5. The van der Waals surface area contributed by atoms with Crippen molar-refractivity contribution in [1.29, 1.82) is 0 Å². The zero-order valence-corrected chi connectivity index (χ0v) is 13.0. The molecule has 4 heteroatoms. The first-order valence-electron chi connectivity index (χ1n) is 6.50. The number of halogens is 2. The number of rotatable bonds is 5. The van der Waals surface area contributed by atoms with Gasteiger partial charge in [-0.3, -0.25) is 0 Å². The maximum Gasteiger partial charge on any atom is 0.146 e. The van der Waals surface area contributed by atoms with Crippen molar-refractivity contribution in [3.63, 3.8) is 0 Å². The minimum atomic E-state index is 0.449. The topological polar surface area (TPSA) is 21.3 Å². The fraction of sp³-hybridized carbons (Fsp3) is 0.250. The Morgan fingerprint density at radius 1 is 1.10 bits per heavy atom. The molecule has 0 spiro atoms. The molecule has 0 bridgehead atoms. The van der Waals surface area contributed by atoms with E-state index in [-0.39, 0.29) is 0 Å². The summed E-state index contributed by atoms with van der Waals surface area (Å²) >= 11 is 12.0. The monoisotopic (exact) mass is 309 g/mol. The van der Waals surface area contributed by atoms with Gasteiger partial charge in [0.25, 0.3) is 0 Å². The normalized spacial score (nSPS) is 10.8. The first kappa shape index (κ1) is 15.2. The largest absolute Gasteiger partial charge is 0.456 e. The standard InChI is InChI=1S/C16H17Cl2NO/c1-11(2)19-10-12-4-3-5-14(8-12)20-16-7-6-13(17)9-15(16)18/h3-9,11,19H,10H2,1-2H3. The average molecular weight is 310 g/mol. The maximum atomic E-state index is 6.10. The van der Waals surface area contributed by atoms with E-state index < -0.39 is 0 Å². The number of hydrogen-bond acceptors (Lipinski definition) is 2. The Morgan fingerprint density at radius 2 is 1.90 bits per heavy atom. The molecule has 2 rings (SSSR count). The van der Waals surface area contributed by atoms with Crippen LogP contribution in [0.3, 0.4) is 0 Å². The second-order valence-corrected chi connectivity index (χ2v) is 5.70. The predicted molar refractivity (Wildman–Crippen MR) is 85.0 cm³/mol. The van der Waals surface area contributed by atoms with Gasteiger partial charge in [-0.2, -0.15) is 0 Å². The van der Waals surface area contributed by atoms with Gasteiger partial charge in [-0.15, -0.1) is 0 Å². The molecule has 0 aromatic heterocycles. The first-order chi connectivity index (χ1) is 9.54. The molecule has 20 heavy (non-hydrogen) atoms. The molecular formula is C16H17Cl2NO. The minimum Gasteiger partial charge on any atom is -0.456 e. The molecule has 0 saturated heterocycles. The summed E-state index contributed by atoms with van der Waals surface area (Å²) in [6.07, 6.45) is 0. The van der Waals surface area contributed by atoms with Crippen molar-refractivity contribution in [2.75, 3.05) is 0 Å². The summed E-state index contributed by atoms with van der Waals surface area (Å²) in [7, 11) is 0. The van der Waals surface area contributed by atoms with Gasteiger partial charge in [0.2, 0.25) is 0 Å². The lowest BCUT2D eigenvalue weighted by atomic mass is 10.2. The van der Waals surface area contributed by atoms with E-state index >= 15 is 0 Å². The van der Waals surface area contributed by atoms with E-state index in [4.69, 9.17) is 27.9 Å². The first-order valence-corrected chi connectivity index (χ1v) is 7.25. The summed E-state index contributed by atoms with van der Waals surface area (Å²) in [5.74, 6) is 1.36. The third-order valence-electron chi connectivity index (χ3n) is 2.73. The van der Waals surface area contributed by atoms with Gasteiger partial charge in [-0.25, -0.2) is 0 Å². The van der Waals surface area contributed by atoms with Crippen LogP contribution >= 0.6 is 23.2 Å². The Morgan fingerprint density at radius 3 is 2.60 bits per heavy atom. The van der Waals surface area contributed by atoms with Gasteiger partial charge in [0.15, 0.2) is 0 Å². The highest BCUT2D eigenvalue weighted by atomic mass is 35.5. The molecule has 0 atom stereocenters. The van der Waals surface area contributed by atoms with E-state index in [2.05, 4.69) is 25.2 Å². The second kappa shape index (κ2) is 6.98. The van der Waals surface area contributed by atoms with Gasteiger partial charge in [-0.05, 0) is 35.9 Å². The van der Waals surface area contributed by atoms with Crippen LogP contribution in [0.2, 0.25) is 10.0 Å². The minimum absolute atomic E-state index is 0.449. The summed E-state index contributed by atoms with van der Waals surface area (Å²) in [6, 6.07) is 13.6. The van der Waals surface area contributed by atoms with Gasteiger partial charge in [0.05, 0.1) is 5.02 Å². The molecular weight excluding hydrogens is 293 g/mol. The fourth-order valence-electron chi connectivity index (χ4n) is 1.73. The third kappa shape index (κ3) is 4.41. The predicted octanol–water partition coefficient (Wildman–Crippen LogP) is 5.28. The maximum absolute atomic E-state index is 6.10. The van der Waals surface area contributed by atoms with E-state index in [0.29, 0.717) is 21.8 Å². The molecule has 0 radical (unpaired) electrons. The Hall–Kier alpha value is -1.22. The lowest BCUT2D eigenvalue weighted by Crippen LogP contribution is -2.21. The van der Waals surface area contributed by atoms with Gasteiger partial charge in [-0.1, -0.05) is 49.2 Å². The number of benzene rings is 2. The number of hydrogen-bond donors (Lipinski definition) is 1. The Kier molecular flexibility index (Phi) is 5.30. The SMILES string of the molecule is CC(C)NCc1cccc(Oc2ccc(Cl)cc2Cl)c1. The highest BCUT2D eigenvalue weighted by Crippen LogP contribution is 2.31. The lowest BCUT2D eigenvalue weighted by molar-refractivity contribution is 0.481. The number of ether oxygens (including phenoxy) is 1. The molecule has 106 valence electrons. The van der Waals surface area contributed by atoms with Crippen LogP contribution in [0.1, 0.15) is 19.4 Å². The molecule has 1 N–H and O–H groups in total. The van der Waals surface area contributed by atoms with E-state index in [1.807, 2.05) is 18.2 Å². The quantitative estimate of drug-likeness (QED) is 0.811. The molecule has 0 unspecified atom stereocenters. The molecule has 0 amide bonds. The van der Waals surface area contributed by atoms with Crippen molar-refractivity contribution in [2.45, 2.75) is 26.4 Å². The molecule has 0 aliphatic rings. The molecule has 2 aromatic rings. The van der Waals surface area contributed by atoms with Crippen LogP contribution in [-0.2, 0) is 6.54 Å². The smallest absolute Gasteiger partial charge is 0.146 e. The Bertz CT molecular complexity index is 584. The molecule has 0 saturated carbocycles. The van der Waals surface area contributed by atoms with Crippen molar-refractivity contribution < 1.29 is 4.74 Å². The van der Waals surface area contributed by atoms with Crippen LogP contribution < -0.4 is 10.1 Å².